The average Bonchev–Trinajstić information content (AvgIpc) is 3.30. The molecule has 0 unspecified atom stereocenters. The molecule has 12 heteroatoms. The molecule has 0 bridgehead atoms. The predicted molar refractivity (Wildman–Crippen MR) is 139 cm³/mol. The molecule has 0 spiro atoms. The zero-order valence-electron chi connectivity index (χ0n) is 24.1. The van der Waals surface area contributed by atoms with Gasteiger partial charge in [-0.25, -0.2) is 9.59 Å². The van der Waals surface area contributed by atoms with Crippen LogP contribution in [-0.2, 0) is 28.4 Å². The molecule has 0 aromatic heterocycles. The predicted octanol–water partition coefficient (Wildman–Crippen LogP) is 2.24. The van der Waals surface area contributed by atoms with Crippen LogP contribution in [0, 0.1) is 0 Å². The lowest BCUT2D eigenvalue weighted by Crippen LogP contribution is -2.44. The fraction of sp³-hybridized carbons (Fsp3) is 0.920. The van der Waals surface area contributed by atoms with Crippen molar-refractivity contribution in [1.29, 1.82) is 0 Å². The smallest absolute Gasteiger partial charge is 0.407 e. The Hall–Kier alpha value is -1.70. The minimum atomic E-state index is -0.506. The van der Waals surface area contributed by atoms with Gasteiger partial charge in [0.15, 0.2) is 0 Å². The topological polar surface area (TPSA) is 152 Å². The Morgan fingerprint density at radius 3 is 1.59 bits per heavy atom. The summed E-state index contributed by atoms with van der Waals surface area (Å²) >= 11 is 0. The first-order valence-corrected chi connectivity index (χ1v) is 12.8. The number of rotatable bonds is 9. The maximum Gasteiger partial charge on any atom is 0.407 e. The molecule has 0 heterocycles. The van der Waals surface area contributed by atoms with Crippen molar-refractivity contribution in [2.24, 2.45) is 5.73 Å². The molecule has 0 aliphatic heterocycles. The molecule has 218 valence electrons. The van der Waals surface area contributed by atoms with Crippen molar-refractivity contribution in [3.8, 4) is 0 Å². The Morgan fingerprint density at radius 2 is 1.19 bits per heavy atom. The minimum Gasteiger partial charge on any atom is -0.444 e. The second-order valence-corrected chi connectivity index (χ2v) is 11.4. The van der Waals surface area contributed by atoms with Gasteiger partial charge in [-0.15, -0.1) is 0 Å². The van der Waals surface area contributed by atoms with Crippen molar-refractivity contribution < 1.29 is 38.0 Å². The second kappa shape index (κ2) is 15.6. The van der Waals surface area contributed by atoms with Gasteiger partial charge in [-0.05, 0) is 74.3 Å². The van der Waals surface area contributed by atoms with Crippen molar-refractivity contribution in [1.82, 2.24) is 16.0 Å². The highest BCUT2D eigenvalue weighted by atomic mass is 16.7. The van der Waals surface area contributed by atoms with Crippen LogP contribution in [0.1, 0.15) is 67.2 Å². The van der Waals surface area contributed by atoms with Gasteiger partial charge >= 0.3 is 12.2 Å². The molecule has 0 aromatic rings. The van der Waals surface area contributed by atoms with Gasteiger partial charge < -0.3 is 50.1 Å². The van der Waals surface area contributed by atoms with Crippen molar-refractivity contribution >= 4 is 12.2 Å². The summed E-state index contributed by atoms with van der Waals surface area (Å²) < 4.78 is 31.3. The van der Waals surface area contributed by atoms with Gasteiger partial charge in [0.2, 0.25) is 0 Å². The minimum absolute atomic E-state index is 0.0341. The maximum absolute atomic E-state index is 11.8. The number of nitrogens with two attached hydrogens (primary N) is 1. The van der Waals surface area contributed by atoms with Crippen LogP contribution < -0.4 is 21.7 Å². The van der Waals surface area contributed by atoms with E-state index in [9.17, 15) is 9.59 Å². The molecule has 2 aliphatic carbocycles. The van der Waals surface area contributed by atoms with Gasteiger partial charge in [-0.2, -0.15) is 0 Å². The first kappa shape index (κ1) is 33.3. The van der Waals surface area contributed by atoms with E-state index in [1.54, 1.807) is 14.2 Å². The Bertz CT molecular complexity index is 683. The molecule has 0 saturated heterocycles. The lowest BCUT2D eigenvalue weighted by atomic mass is 10.2. The van der Waals surface area contributed by atoms with Crippen molar-refractivity contribution in [2.75, 3.05) is 34.9 Å². The lowest BCUT2D eigenvalue weighted by Gasteiger charge is -2.24. The summed E-state index contributed by atoms with van der Waals surface area (Å²) in [5, 5.41) is 8.89. The van der Waals surface area contributed by atoms with Crippen LogP contribution in [-0.4, -0.2) is 94.6 Å². The molecule has 37 heavy (non-hydrogen) atoms. The van der Waals surface area contributed by atoms with E-state index in [4.69, 9.17) is 34.2 Å². The normalized spacial score (nSPS) is 27.7. The number of ether oxygens (including phenoxy) is 6. The van der Waals surface area contributed by atoms with Gasteiger partial charge in [0, 0.05) is 26.3 Å². The second-order valence-electron chi connectivity index (χ2n) is 11.4. The zero-order chi connectivity index (χ0) is 28.2. The van der Waals surface area contributed by atoms with Gasteiger partial charge in [0.25, 0.3) is 0 Å². The summed E-state index contributed by atoms with van der Waals surface area (Å²) in [6.07, 6.45) is 2.06. The number of hydrogen-bond acceptors (Lipinski definition) is 10. The first-order valence-electron chi connectivity index (χ1n) is 12.8. The van der Waals surface area contributed by atoms with Crippen LogP contribution in [0.4, 0.5) is 9.59 Å². The van der Waals surface area contributed by atoms with E-state index in [1.165, 1.54) is 0 Å². The maximum atomic E-state index is 11.8. The highest BCUT2D eigenvalue weighted by Crippen LogP contribution is 2.24. The zero-order valence-corrected chi connectivity index (χ0v) is 24.1. The molecule has 12 nitrogen and oxygen atoms in total. The number of methoxy groups -OCH3 is 2. The van der Waals surface area contributed by atoms with E-state index in [2.05, 4.69) is 16.0 Å². The van der Waals surface area contributed by atoms with Gasteiger partial charge in [0.05, 0.1) is 24.3 Å². The van der Waals surface area contributed by atoms with E-state index in [0.29, 0.717) is 18.9 Å². The third-order valence-corrected chi connectivity index (χ3v) is 5.66. The third-order valence-electron chi connectivity index (χ3n) is 5.66. The summed E-state index contributed by atoms with van der Waals surface area (Å²) in [5.74, 6) is 0. The number of amides is 2. The molecule has 2 rings (SSSR count). The summed E-state index contributed by atoms with van der Waals surface area (Å²) in [7, 11) is 5.06. The molecular formula is C25H50N4O8. The van der Waals surface area contributed by atoms with Crippen LogP contribution in [0.15, 0.2) is 0 Å². The first-order chi connectivity index (χ1) is 17.2. The highest BCUT2D eigenvalue weighted by Gasteiger charge is 2.37. The fourth-order valence-corrected chi connectivity index (χ4v) is 4.17. The summed E-state index contributed by atoms with van der Waals surface area (Å²) in [5.41, 5.74) is 4.88. The Kier molecular flexibility index (Phi) is 14.1. The van der Waals surface area contributed by atoms with E-state index < -0.39 is 23.4 Å². The number of carbonyl (C=O) groups excluding carboxylic acids is 2. The van der Waals surface area contributed by atoms with Crippen LogP contribution in [0.2, 0.25) is 0 Å². The van der Waals surface area contributed by atoms with E-state index >= 15 is 0 Å². The summed E-state index contributed by atoms with van der Waals surface area (Å²) in [4.78, 5) is 23.5. The molecule has 2 saturated carbocycles. The SMILES string of the molecule is CN[C@@H]1C[C@H](OCOC)[C@H](NC(=O)OC(C)(C)C)C1.COCO[C@H]1C[C@@H](N)C[C@H]1NC(=O)OC(C)(C)C. The molecule has 2 aliphatic rings. The molecule has 0 aromatic carbocycles. The Balaban J connectivity index is 0.000000371. The third kappa shape index (κ3) is 14.1. The molecular weight excluding hydrogens is 484 g/mol. The molecule has 0 radical (unpaired) electrons. The van der Waals surface area contributed by atoms with Crippen molar-refractivity contribution in [3.05, 3.63) is 0 Å². The van der Waals surface area contributed by atoms with Crippen molar-refractivity contribution in [2.45, 2.75) is 115 Å². The molecule has 2 amide bonds. The molecule has 2 fully saturated rings. The van der Waals surface area contributed by atoms with Gasteiger partial charge in [-0.3, -0.25) is 0 Å². The largest absolute Gasteiger partial charge is 0.444 e. The van der Waals surface area contributed by atoms with Gasteiger partial charge in [-0.1, -0.05) is 0 Å². The fourth-order valence-electron chi connectivity index (χ4n) is 4.17. The number of carbonyl (C=O) groups is 2. The van der Waals surface area contributed by atoms with E-state index in [1.807, 2.05) is 48.6 Å². The van der Waals surface area contributed by atoms with E-state index in [0.717, 1.165) is 12.8 Å². The Morgan fingerprint density at radius 1 is 0.757 bits per heavy atom. The molecule has 5 N–H and O–H groups in total. The molecule has 6 atom stereocenters. The summed E-state index contributed by atoms with van der Waals surface area (Å²) in [6, 6.07) is 0.195. The Labute approximate surface area is 221 Å². The van der Waals surface area contributed by atoms with Gasteiger partial charge in [0.1, 0.15) is 24.8 Å². The average molecular weight is 535 g/mol. The number of nitrogens with one attached hydrogen (secondary N) is 3. The van der Waals surface area contributed by atoms with Crippen molar-refractivity contribution in [3.63, 3.8) is 0 Å². The van der Waals surface area contributed by atoms with Crippen LogP contribution in [0.3, 0.4) is 0 Å². The van der Waals surface area contributed by atoms with Crippen LogP contribution in [0.5, 0.6) is 0 Å². The highest BCUT2D eigenvalue weighted by molar-refractivity contribution is 5.68. The van der Waals surface area contributed by atoms with E-state index in [-0.39, 0.29) is 43.9 Å². The summed E-state index contributed by atoms with van der Waals surface area (Å²) in [6.45, 7) is 11.4. The standard InChI is InChI=1S/C13H26N2O4.C12H24N2O4/c1-13(2,3)19-12(16)15-10-6-9(14-4)7-11(10)18-8-17-5;1-12(2,3)18-11(15)14-9-5-8(13)6-10(9)17-7-16-4/h9-11,14H,6-8H2,1-5H3,(H,15,16);8-10H,5-7,13H2,1-4H3,(H,14,15)/t9-,10+,11-;8-,9+,10-/m00/s1. The monoisotopic (exact) mass is 534 g/mol. The number of alkyl carbamates (subject to hydrolysis) is 2. The number of hydrogen-bond donors (Lipinski definition) is 4. The lowest BCUT2D eigenvalue weighted by molar-refractivity contribution is -0.0773. The van der Waals surface area contributed by atoms with Crippen LogP contribution >= 0.6 is 0 Å². The van der Waals surface area contributed by atoms with Crippen LogP contribution in [0.25, 0.3) is 0 Å². The quantitative estimate of drug-likeness (QED) is 0.324.